The van der Waals surface area contributed by atoms with E-state index in [2.05, 4.69) is 10.3 Å². The second kappa shape index (κ2) is 8.22. The third-order valence-corrected chi connectivity index (χ3v) is 5.10. The van der Waals surface area contributed by atoms with Crippen LogP contribution in [0.3, 0.4) is 0 Å². The molecule has 0 atom stereocenters. The second-order valence-electron chi connectivity index (χ2n) is 6.11. The lowest BCUT2D eigenvalue weighted by Crippen LogP contribution is -2.14. The Morgan fingerprint density at radius 1 is 1.25 bits per heavy atom. The molecule has 0 unspecified atom stereocenters. The number of imidazole rings is 1. The summed E-state index contributed by atoms with van der Waals surface area (Å²) in [6.45, 7) is 4.06. The van der Waals surface area contributed by atoms with Crippen LogP contribution in [-0.4, -0.2) is 26.1 Å². The maximum atomic E-state index is 13.4. The Morgan fingerprint density at radius 2 is 2.04 bits per heavy atom. The number of nitrogens with zero attached hydrogens (tertiary/aromatic N) is 3. The molecular weight excluding hydrogens is 383 g/mol. The van der Waals surface area contributed by atoms with Gasteiger partial charge in [-0.2, -0.15) is 4.39 Å². The number of hydrogen-bond acceptors (Lipinski definition) is 5. The Labute approximate surface area is 164 Å². The van der Waals surface area contributed by atoms with Crippen molar-refractivity contribution in [3.8, 4) is 5.69 Å². The zero-order valence-electron chi connectivity index (χ0n) is 15.2. The second-order valence-corrected chi connectivity index (χ2v) is 7.05. The molecule has 1 heterocycles. The molecule has 28 heavy (non-hydrogen) atoms. The summed E-state index contributed by atoms with van der Waals surface area (Å²) in [4.78, 5) is 26.4. The monoisotopic (exact) mass is 400 g/mol. The lowest BCUT2D eigenvalue weighted by Gasteiger charge is -2.10. The molecule has 0 radical (unpaired) electrons. The highest BCUT2D eigenvalue weighted by Crippen LogP contribution is 2.24. The predicted octanol–water partition coefficient (Wildman–Crippen LogP) is 4.27. The first-order valence-corrected chi connectivity index (χ1v) is 9.31. The number of aromatic nitrogens is 2. The van der Waals surface area contributed by atoms with Crippen LogP contribution in [0.1, 0.15) is 11.1 Å². The van der Waals surface area contributed by atoms with Gasteiger partial charge < -0.3 is 5.32 Å². The summed E-state index contributed by atoms with van der Waals surface area (Å²) in [6.07, 6.45) is 3.46. The highest BCUT2D eigenvalue weighted by atomic mass is 32.2. The largest absolute Gasteiger partial charge is 0.325 e. The maximum absolute atomic E-state index is 13.4. The van der Waals surface area contributed by atoms with E-state index in [1.165, 1.54) is 23.4 Å². The zero-order chi connectivity index (χ0) is 20.3. The van der Waals surface area contributed by atoms with Gasteiger partial charge in [0.1, 0.15) is 0 Å². The minimum absolute atomic E-state index is 0.0486. The molecule has 0 saturated carbocycles. The number of rotatable bonds is 6. The number of halogens is 1. The molecule has 0 aliphatic carbocycles. The van der Waals surface area contributed by atoms with E-state index in [-0.39, 0.29) is 17.3 Å². The van der Waals surface area contributed by atoms with Gasteiger partial charge >= 0.3 is 5.69 Å². The van der Waals surface area contributed by atoms with Crippen LogP contribution < -0.4 is 5.32 Å². The number of carbonyl (C=O) groups excluding carboxylic acids is 1. The van der Waals surface area contributed by atoms with Crippen molar-refractivity contribution >= 4 is 29.0 Å². The first-order valence-electron chi connectivity index (χ1n) is 8.32. The summed E-state index contributed by atoms with van der Waals surface area (Å²) >= 11 is 1.23. The fraction of sp³-hybridized carbons (Fsp3) is 0.158. The third kappa shape index (κ3) is 4.37. The van der Waals surface area contributed by atoms with Gasteiger partial charge in [0, 0.05) is 29.8 Å². The highest BCUT2D eigenvalue weighted by Gasteiger charge is 2.16. The van der Waals surface area contributed by atoms with Crippen LogP contribution in [0.15, 0.2) is 53.9 Å². The SMILES string of the molecule is Cc1ccc(-n2ccnc2SCC(=O)Nc2ccc(F)c([N+](=O)[O-])c2)cc1C. The van der Waals surface area contributed by atoms with Crippen molar-refractivity contribution < 1.29 is 14.1 Å². The Morgan fingerprint density at radius 3 is 2.75 bits per heavy atom. The summed E-state index contributed by atoms with van der Waals surface area (Å²) in [5.74, 6) is -1.28. The number of thioether (sulfide) groups is 1. The van der Waals surface area contributed by atoms with Crippen LogP contribution >= 0.6 is 11.8 Å². The molecule has 9 heteroatoms. The molecule has 0 bridgehead atoms. The maximum Gasteiger partial charge on any atom is 0.306 e. The van der Waals surface area contributed by atoms with E-state index in [1.807, 2.05) is 42.8 Å². The topological polar surface area (TPSA) is 90.1 Å². The molecule has 3 aromatic rings. The van der Waals surface area contributed by atoms with Gasteiger partial charge in [0.25, 0.3) is 0 Å². The molecule has 0 saturated heterocycles. The van der Waals surface area contributed by atoms with Gasteiger partial charge in [0.2, 0.25) is 11.7 Å². The molecule has 3 rings (SSSR count). The number of aryl methyl sites for hydroxylation is 2. The minimum atomic E-state index is -0.951. The predicted molar refractivity (Wildman–Crippen MR) is 105 cm³/mol. The van der Waals surface area contributed by atoms with Gasteiger partial charge in [-0.3, -0.25) is 19.5 Å². The smallest absolute Gasteiger partial charge is 0.306 e. The number of carbonyl (C=O) groups is 1. The number of hydrogen-bond donors (Lipinski definition) is 1. The summed E-state index contributed by atoms with van der Waals surface area (Å²) in [5, 5.41) is 14.0. The molecule has 1 aromatic heterocycles. The highest BCUT2D eigenvalue weighted by molar-refractivity contribution is 7.99. The van der Waals surface area contributed by atoms with Crippen LogP contribution in [0, 0.1) is 29.8 Å². The molecule has 144 valence electrons. The number of anilines is 1. The number of benzene rings is 2. The molecule has 0 aliphatic heterocycles. The van der Waals surface area contributed by atoms with Gasteiger partial charge in [-0.1, -0.05) is 17.8 Å². The molecular formula is C19H17FN4O3S. The van der Waals surface area contributed by atoms with E-state index in [1.54, 1.807) is 6.20 Å². The molecule has 0 aliphatic rings. The summed E-state index contributed by atoms with van der Waals surface area (Å²) in [5.41, 5.74) is 2.76. The fourth-order valence-corrected chi connectivity index (χ4v) is 3.30. The number of amides is 1. The summed E-state index contributed by atoms with van der Waals surface area (Å²) < 4.78 is 15.3. The Hall–Kier alpha value is -3.20. The first-order chi connectivity index (χ1) is 13.3. The van der Waals surface area contributed by atoms with Crippen molar-refractivity contribution in [3.63, 3.8) is 0 Å². The van der Waals surface area contributed by atoms with E-state index in [0.717, 1.165) is 23.4 Å². The van der Waals surface area contributed by atoms with E-state index in [9.17, 15) is 19.3 Å². The van der Waals surface area contributed by atoms with Gasteiger partial charge in [-0.15, -0.1) is 0 Å². The van der Waals surface area contributed by atoms with Crippen LogP contribution in [0.2, 0.25) is 0 Å². The van der Waals surface area contributed by atoms with Crippen molar-refractivity contribution in [2.45, 2.75) is 19.0 Å². The zero-order valence-corrected chi connectivity index (χ0v) is 16.0. The standard InChI is InChI=1S/C19H17FN4O3S/c1-12-3-5-15(9-13(12)2)23-8-7-21-19(23)28-11-18(25)22-14-4-6-16(20)17(10-14)24(26)27/h3-10H,11H2,1-2H3,(H,22,25). The van der Waals surface area contributed by atoms with E-state index >= 15 is 0 Å². The molecule has 2 aromatic carbocycles. The fourth-order valence-electron chi connectivity index (χ4n) is 2.53. The molecule has 1 amide bonds. The van der Waals surface area contributed by atoms with Crippen molar-refractivity contribution in [2.75, 3.05) is 11.1 Å². The summed E-state index contributed by atoms with van der Waals surface area (Å²) in [7, 11) is 0. The Bertz CT molecular complexity index is 1050. The third-order valence-electron chi connectivity index (χ3n) is 4.13. The summed E-state index contributed by atoms with van der Waals surface area (Å²) in [6, 6.07) is 9.26. The lowest BCUT2D eigenvalue weighted by molar-refractivity contribution is -0.387. The Kier molecular flexibility index (Phi) is 5.74. The normalized spacial score (nSPS) is 10.7. The van der Waals surface area contributed by atoms with Crippen LogP contribution in [0.4, 0.5) is 15.8 Å². The van der Waals surface area contributed by atoms with E-state index in [4.69, 9.17) is 0 Å². The van der Waals surface area contributed by atoms with Gasteiger partial charge in [0.15, 0.2) is 5.16 Å². The van der Waals surface area contributed by atoms with Crippen molar-refractivity contribution in [1.29, 1.82) is 0 Å². The quantitative estimate of drug-likeness (QED) is 0.379. The number of nitro groups is 1. The molecule has 7 nitrogen and oxygen atoms in total. The molecule has 0 spiro atoms. The minimum Gasteiger partial charge on any atom is -0.325 e. The molecule has 0 fully saturated rings. The van der Waals surface area contributed by atoms with Crippen LogP contribution in [-0.2, 0) is 4.79 Å². The average Bonchev–Trinajstić information content (AvgIpc) is 3.12. The van der Waals surface area contributed by atoms with E-state index in [0.29, 0.717) is 5.16 Å². The van der Waals surface area contributed by atoms with Crippen molar-refractivity contribution in [1.82, 2.24) is 9.55 Å². The lowest BCUT2D eigenvalue weighted by atomic mass is 10.1. The Balaban J connectivity index is 1.68. The average molecular weight is 400 g/mol. The number of nitro benzene ring substituents is 1. The van der Waals surface area contributed by atoms with Crippen molar-refractivity contribution in [2.24, 2.45) is 0 Å². The molecule has 1 N–H and O–H groups in total. The van der Waals surface area contributed by atoms with E-state index < -0.39 is 16.4 Å². The number of nitrogens with one attached hydrogen (secondary N) is 1. The first kappa shape index (κ1) is 19.6. The van der Waals surface area contributed by atoms with Gasteiger partial charge in [-0.25, -0.2) is 4.98 Å². The van der Waals surface area contributed by atoms with Crippen LogP contribution in [0.5, 0.6) is 0 Å². The van der Waals surface area contributed by atoms with Gasteiger partial charge in [-0.05, 0) is 49.2 Å². The van der Waals surface area contributed by atoms with Gasteiger partial charge in [0.05, 0.1) is 10.7 Å². The van der Waals surface area contributed by atoms with Crippen molar-refractivity contribution in [3.05, 3.63) is 75.9 Å². The van der Waals surface area contributed by atoms with Crippen LogP contribution in [0.25, 0.3) is 5.69 Å².